The normalized spacial score (nSPS) is 11.0. The maximum Gasteiger partial charge on any atom is 0.0384 e. The SMILES string of the molecule is Brc1ccc(-c2ccccc2)cc1.CC(C)(C)c1ccc(N)cc1.CC(C)(C)c1ccc(Nc2ccc(-c3ccccc3)cc2)cc1. The first-order valence-electron chi connectivity index (χ1n) is 16.1. The summed E-state index contributed by atoms with van der Waals surface area (Å²) < 4.78 is 1.12. The van der Waals surface area contributed by atoms with Crippen molar-refractivity contribution in [2.75, 3.05) is 11.1 Å². The fourth-order valence-electron chi connectivity index (χ4n) is 4.85. The average molecular weight is 684 g/mol. The van der Waals surface area contributed by atoms with Gasteiger partial charge in [-0.3, -0.25) is 0 Å². The van der Waals surface area contributed by atoms with Gasteiger partial charge in [-0.1, -0.05) is 167 Å². The predicted molar refractivity (Wildman–Crippen MR) is 209 cm³/mol. The Bertz CT molecular complexity index is 1760. The Labute approximate surface area is 290 Å². The van der Waals surface area contributed by atoms with E-state index in [4.69, 9.17) is 5.73 Å². The van der Waals surface area contributed by atoms with Crippen LogP contribution in [0.1, 0.15) is 52.7 Å². The molecule has 0 aromatic heterocycles. The molecule has 6 aromatic rings. The van der Waals surface area contributed by atoms with Gasteiger partial charge in [-0.15, -0.1) is 0 Å². The van der Waals surface area contributed by atoms with E-state index in [0.717, 1.165) is 21.5 Å². The van der Waals surface area contributed by atoms with E-state index in [1.54, 1.807) is 0 Å². The maximum atomic E-state index is 5.57. The Balaban J connectivity index is 0.000000176. The van der Waals surface area contributed by atoms with Crippen molar-refractivity contribution in [3.05, 3.63) is 173 Å². The van der Waals surface area contributed by atoms with E-state index in [9.17, 15) is 0 Å². The molecular weight excluding hydrogens is 636 g/mol. The fourth-order valence-corrected chi connectivity index (χ4v) is 5.12. The number of hydrogen-bond donors (Lipinski definition) is 2. The van der Waals surface area contributed by atoms with Gasteiger partial charge < -0.3 is 11.1 Å². The zero-order valence-corrected chi connectivity index (χ0v) is 30.1. The molecule has 0 aliphatic rings. The van der Waals surface area contributed by atoms with E-state index in [-0.39, 0.29) is 10.8 Å². The van der Waals surface area contributed by atoms with Crippen molar-refractivity contribution in [1.29, 1.82) is 0 Å². The lowest BCUT2D eigenvalue weighted by Crippen LogP contribution is -2.10. The summed E-state index contributed by atoms with van der Waals surface area (Å²) in [7, 11) is 0. The first-order chi connectivity index (χ1) is 22.4. The lowest BCUT2D eigenvalue weighted by Gasteiger charge is -2.19. The van der Waals surface area contributed by atoms with Crippen LogP contribution in [0, 0.1) is 0 Å². The van der Waals surface area contributed by atoms with Crippen molar-refractivity contribution in [2.45, 2.75) is 52.4 Å². The Morgan fingerprint density at radius 2 is 0.723 bits per heavy atom. The third-order valence-corrected chi connectivity index (χ3v) is 8.29. The van der Waals surface area contributed by atoms with Crippen molar-refractivity contribution in [3.63, 3.8) is 0 Å². The summed E-state index contributed by atoms with van der Waals surface area (Å²) in [4.78, 5) is 0. The summed E-state index contributed by atoms with van der Waals surface area (Å²) in [6.07, 6.45) is 0. The molecular formula is C44H47BrN2. The Morgan fingerprint density at radius 1 is 0.404 bits per heavy atom. The standard InChI is InChI=1S/C22H23N.C12H9Br.C10H15N/c1-22(2,3)19-11-15-21(16-12-19)23-20-13-9-18(10-14-20)17-7-5-4-6-8-17;13-12-8-6-11(7-9-12)10-4-2-1-3-5-10;1-10(2,3)8-4-6-9(11)7-5-8/h4-16,23H,1-3H3;1-9H;4-7H,11H2,1-3H3. The van der Waals surface area contributed by atoms with E-state index in [2.05, 4.69) is 196 Å². The summed E-state index contributed by atoms with van der Waals surface area (Å²) in [6.45, 7) is 13.3. The van der Waals surface area contributed by atoms with Crippen molar-refractivity contribution in [1.82, 2.24) is 0 Å². The first kappa shape index (κ1) is 35.3. The number of benzene rings is 6. The molecule has 0 bridgehead atoms. The summed E-state index contributed by atoms with van der Waals surface area (Å²) >= 11 is 3.42. The van der Waals surface area contributed by atoms with E-state index < -0.39 is 0 Å². The molecule has 240 valence electrons. The molecule has 6 rings (SSSR count). The van der Waals surface area contributed by atoms with Gasteiger partial charge in [-0.25, -0.2) is 0 Å². The van der Waals surface area contributed by atoms with Crippen LogP contribution in [0.5, 0.6) is 0 Å². The van der Waals surface area contributed by atoms with Gasteiger partial charge in [0.2, 0.25) is 0 Å². The van der Waals surface area contributed by atoms with E-state index in [1.807, 2.05) is 24.3 Å². The van der Waals surface area contributed by atoms with Crippen molar-refractivity contribution in [2.24, 2.45) is 0 Å². The number of nitrogen functional groups attached to an aromatic ring is 1. The average Bonchev–Trinajstić information content (AvgIpc) is 3.07. The molecule has 0 radical (unpaired) electrons. The van der Waals surface area contributed by atoms with Gasteiger partial charge in [0.25, 0.3) is 0 Å². The van der Waals surface area contributed by atoms with Gasteiger partial charge in [-0.05, 0) is 92.7 Å². The molecule has 0 aliphatic heterocycles. The molecule has 47 heavy (non-hydrogen) atoms. The topological polar surface area (TPSA) is 38.0 Å². The molecule has 0 spiro atoms. The zero-order valence-electron chi connectivity index (χ0n) is 28.5. The van der Waals surface area contributed by atoms with Crippen LogP contribution in [0.4, 0.5) is 17.1 Å². The molecule has 0 fully saturated rings. The molecule has 0 aliphatic carbocycles. The summed E-state index contributed by atoms with van der Waals surface area (Å²) in [5, 5.41) is 3.46. The monoisotopic (exact) mass is 682 g/mol. The molecule has 0 amide bonds. The summed E-state index contributed by atoms with van der Waals surface area (Å²) in [5.74, 6) is 0. The zero-order chi connectivity index (χ0) is 33.9. The minimum absolute atomic E-state index is 0.190. The quantitative estimate of drug-likeness (QED) is 0.182. The minimum atomic E-state index is 0.190. The van der Waals surface area contributed by atoms with Gasteiger partial charge in [-0.2, -0.15) is 0 Å². The van der Waals surface area contributed by atoms with E-state index in [1.165, 1.54) is 33.4 Å². The lowest BCUT2D eigenvalue weighted by molar-refractivity contribution is 0.590. The molecule has 0 saturated heterocycles. The van der Waals surface area contributed by atoms with Crippen LogP contribution in [0.15, 0.2) is 162 Å². The van der Waals surface area contributed by atoms with Crippen molar-refractivity contribution >= 4 is 33.0 Å². The molecule has 0 heterocycles. The van der Waals surface area contributed by atoms with Crippen LogP contribution in [-0.2, 0) is 10.8 Å². The molecule has 3 N–H and O–H groups in total. The van der Waals surface area contributed by atoms with Gasteiger partial charge in [0.15, 0.2) is 0 Å². The third-order valence-electron chi connectivity index (χ3n) is 7.76. The second-order valence-corrected chi connectivity index (χ2v) is 14.6. The van der Waals surface area contributed by atoms with Crippen LogP contribution in [-0.4, -0.2) is 0 Å². The Hall–Kier alpha value is -4.60. The van der Waals surface area contributed by atoms with Gasteiger partial charge in [0, 0.05) is 21.5 Å². The van der Waals surface area contributed by atoms with Crippen LogP contribution in [0.25, 0.3) is 22.3 Å². The number of halogens is 1. The smallest absolute Gasteiger partial charge is 0.0384 e. The fraction of sp³-hybridized carbons (Fsp3) is 0.182. The van der Waals surface area contributed by atoms with Gasteiger partial charge in [0.1, 0.15) is 0 Å². The lowest BCUT2D eigenvalue weighted by atomic mass is 9.87. The highest BCUT2D eigenvalue weighted by Crippen LogP contribution is 2.27. The number of rotatable bonds is 4. The molecule has 2 nitrogen and oxygen atoms in total. The molecule has 0 unspecified atom stereocenters. The number of anilines is 3. The number of hydrogen-bond acceptors (Lipinski definition) is 2. The molecule has 0 atom stereocenters. The van der Waals surface area contributed by atoms with E-state index in [0.29, 0.717) is 0 Å². The van der Waals surface area contributed by atoms with Crippen LogP contribution in [0.3, 0.4) is 0 Å². The maximum absolute atomic E-state index is 5.57. The van der Waals surface area contributed by atoms with Gasteiger partial charge in [0.05, 0.1) is 0 Å². The Morgan fingerprint density at radius 3 is 1.11 bits per heavy atom. The second kappa shape index (κ2) is 16.3. The van der Waals surface area contributed by atoms with Crippen molar-refractivity contribution in [3.8, 4) is 22.3 Å². The number of nitrogens with one attached hydrogen (secondary N) is 1. The van der Waals surface area contributed by atoms with Crippen LogP contribution >= 0.6 is 15.9 Å². The van der Waals surface area contributed by atoms with Crippen LogP contribution in [0.2, 0.25) is 0 Å². The molecule has 6 aromatic carbocycles. The number of nitrogens with two attached hydrogens (primary N) is 1. The predicted octanol–water partition coefficient (Wildman–Crippen LogP) is 13.1. The van der Waals surface area contributed by atoms with Gasteiger partial charge >= 0.3 is 0 Å². The summed E-state index contributed by atoms with van der Waals surface area (Å²) in [5.41, 5.74) is 16.7. The van der Waals surface area contributed by atoms with Crippen LogP contribution < -0.4 is 11.1 Å². The van der Waals surface area contributed by atoms with E-state index >= 15 is 0 Å². The largest absolute Gasteiger partial charge is 0.399 e. The molecule has 3 heteroatoms. The highest BCUT2D eigenvalue weighted by atomic mass is 79.9. The van der Waals surface area contributed by atoms with Crippen molar-refractivity contribution < 1.29 is 0 Å². The highest BCUT2D eigenvalue weighted by molar-refractivity contribution is 9.10. The third kappa shape index (κ3) is 11.3. The summed E-state index contributed by atoms with van der Waals surface area (Å²) in [6, 6.07) is 54.4. The minimum Gasteiger partial charge on any atom is -0.399 e. The molecule has 0 saturated carbocycles. The highest BCUT2D eigenvalue weighted by Gasteiger charge is 2.13. The first-order valence-corrected chi connectivity index (χ1v) is 16.9. The second-order valence-electron chi connectivity index (χ2n) is 13.6. The Kier molecular flexibility index (Phi) is 12.2.